The van der Waals surface area contributed by atoms with Crippen LogP contribution in [-0.4, -0.2) is 91.6 Å². The molecular formula is C62H91N6O9P. The van der Waals surface area contributed by atoms with Crippen molar-refractivity contribution in [2.24, 2.45) is 5.92 Å². The van der Waals surface area contributed by atoms with E-state index in [4.69, 9.17) is 34.6 Å². The zero-order valence-electron chi connectivity index (χ0n) is 47.8. The Labute approximate surface area is 467 Å². The summed E-state index contributed by atoms with van der Waals surface area (Å²) in [6.07, 6.45) is 23.0. The lowest BCUT2D eigenvalue weighted by Crippen LogP contribution is -2.41. The van der Waals surface area contributed by atoms with Crippen molar-refractivity contribution in [1.82, 2.24) is 24.9 Å². The van der Waals surface area contributed by atoms with Gasteiger partial charge in [-0.05, 0) is 101 Å². The zero-order valence-corrected chi connectivity index (χ0v) is 48.7. The van der Waals surface area contributed by atoms with Crippen LogP contribution in [0.5, 0.6) is 11.5 Å². The van der Waals surface area contributed by atoms with E-state index in [9.17, 15) is 14.4 Å². The average molecular weight is 1100 g/mol. The van der Waals surface area contributed by atoms with Gasteiger partial charge in [0.15, 0.2) is 0 Å². The molecular weight excluding hydrogens is 1000 g/mol. The molecule has 3 N–H and O–H groups in total. The number of hydrogen-bond donors (Lipinski definition) is 3. The van der Waals surface area contributed by atoms with E-state index in [1.165, 1.54) is 87.5 Å². The van der Waals surface area contributed by atoms with Crippen LogP contribution in [0.3, 0.4) is 0 Å². The number of nitrogens with zero attached hydrogens (tertiary/aromatic N) is 3. The maximum Gasteiger partial charge on any atom is 0.330 e. The minimum Gasteiger partial charge on any atom is -0.497 e. The summed E-state index contributed by atoms with van der Waals surface area (Å²) >= 11 is 0. The molecule has 0 radical (unpaired) electrons. The number of aromatic amines is 1. The fourth-order valence-electron chi connectivity index (χ4n) is 10.3. The highest BCUT2D eigenvalue weighted by atomic mass is 31.2. The van der Waals surface area contributed by atoms with E-state index in [2.05, 4.69) is 71.9 Å². The van der Waals surface area contributed by atoms with Gasteiger partial charge in [-0.2, -0.15) is 0 Å². The smallest absolute Gasteiger partial charge is 0.330 e. The minimum atomic E-state index is -1.79. The lowest BCUT2D eigenvalue weighted by atomic mass is 9.80. The van der Waals surface area contributed by atoms with Gasteiger partial charge in [-0.3, -0.25) is 14.3 Å². The van der Waals surface area contributed by atoms with Gasteiger partial charge in [0.2, 0.25) is 6.54 Å². The second kappa shape index (κ2) is 35.3. The molecule has 16 heteroatoms. The quantitative estimate of drug-likeness (QED) is 0.0130. The Morgan fingerprint density at radius 2 is 1.29 bits per heavy atom. The first kappa shape index (κ1) is 63.5. The van der Waals surface area contributed by atoms with Gasteiger partial charge in [-0.25, -0.2) is 20.8 Å². The first-order valence-corrected chi connectivity index (χ1v) is 29.9. The molecule has 0 spiro atoms. The molecule has 0 saturated carbocycles. The van der Waals surface area contributed by atoms with E-state index in [1.807, 2.05) is 78.9 Å². The summed E-state index contributed by atoms with van der Waals surface area (Å²) < 4.78 is 43.2. The minimum absolute atomic E-state index is 0.0116. The number of allylic oxidation sites excluding steroid dienone is 2. The van der Waals surface area contributed by atoms with Crippen molar-refractivity contribution in [3.63, 3.8) is 0 Å². The highest BCUT2D eigenvalue weighted by molar-refractivity contribution is 7.44. The van der Waals surface area contributed by atoms with Crippen LogP contribution in [0.15, 0.2) is 113 Å². The summed E-state index contributed by atoms with van der Waals surface area (Å²) in [6, 6.07) is 26.8. The first-order valence-electron chi connectivity index (χ1n) is 28.8. The molecule has 3 aromatic carbocycles. The Hall–Kier alpha value is -5.33. The summed E-state index contributed by atoms with van der Waals surface area (Å²) in [5, 5.41) is 6.04. The topological polar surface area (TPSA) is 159 Å². The van der Waals surface area contributed by atoms with Gasteiger partial charge in [-0.1, -0.05) is 151 Å². The molecule has 0 bridgehead atoms. The number of ether oxygens (including phenoxy) is 4. The third kappa shape index (κ3) is 19.8. The van der Waals surface area contributed by atoms with Crippen molar-refractivity contribution in [2.45, 2.75) is 180 Å². The predicted octanol–water partition coefficient (Wildman–Crippen LogP) is 13.2. The Morgan fingerprint density at radius 3 is 1.82 bits per heavy atom. The molecule has 428 valence electrons. The number of carbonyl (C=O) groups is 1. The molecule has 15 nitrogen and oxygen atoms in total. The summed E-state index contributed by atoms with van der Waals surface area (Å²) in [5.74, 6) is 0.894. The second-order valence-electron chi connectivity index (χ2n) is 20.8. The number of nitrogens with one attached hydrogen (secondary N) is 3. The molecule has 1 aliphatic heterocycles. The molecule has 78 heavy (non-hydrogen) atoms. The molecule has 0 aliphatic carbocycles. The maximum absolute atomic E-state index is 13.8. The molecule has 2 amide bonds. The number of methoxy groups -OCH3 is 2. The van der Waals surface area contributed by atoms with Crippen LogP contribution in [0.4, 0.5) is 4.79 Å². The molecule has 4 aromatic rings. The molecule has 1 fully saturated rings. The summed E-state index contributed by atoms with van der Waals surface area (Å²) in [4.78, 5) is 44.9. The molecule has 5 rings (SSSR count). The molecule has 1 saturated heterocycles. The Bertz CT molecular complexity index is 2420. The van der Waals surface area contributed by atoms with E-state index >= 15 is 0 Å². The number of hydrogen-bond acceptors (Lipinski definition) is 10. The number of rotatable bonds is 38. The van der Waals surface area contributed by atoms with Crippen molar-refractivity contribution >= 4 is 14.6 Å². The second-order valence-corrected chi connectivity index (χ2v) is 22.2. The van der Waals surface area contributed by atoms with Crippen LogP contribution >= 0.6 is 8.53 Å². The monoisotopic (exact) mass is 1090 g/mol. The highest BCUT2D eigenvalue weighted by Gasteiger charge is 2.50. The van der Waals surface area contributed by atoms with E-state index in [0.29, 0.717) is 31.0 Å². The summed E-state index contributed by atoms with van der Waals surface area (Å²) in [7, 11) is 1.48. The van der Waals surface area contributed by atoms with Gasteiger partial charge < -0.3 is 43.5 Å². The standard InChI is InChI=1S/C62H91N6O9P/c1-9-10-11-12-13-14-15-16-17-18-19-22-28-42-64-60(70)65-43-29-23-20-21-27-32-55-58(77-78(75-46-44-63-6)68(48(2)3)49(4)5)56(76-59(55)67-45-41-57(69)66-61(67)71)47-74-62(50-30-25-24-26-31-50,51-33-37-53(72-7)38-34-51)52-35-39-54(73-8)40-36-52/h21,24-27,30-31,33-41,45,48-49,55-56,58-59H,9-20,22-23,28-29,32,42-44,46-47H2,1-5,7-8H3,(H2,64,65,70)(H,66,69,71)/b27-21+/t55-,56+,58?,59+,78?/m0/s1. The van der Waals surface area contributed by atoms with Gasteiger partial charge in [0.05, 0.1) is 20.8 Å². The number of urea groups is 1. The van der Waals surface area contributed by atoms with E-state index in [0.717, 1.165) is 48.8 Å². The van der Waals surface area contributed by atoms with Gasteiger partial charge in [0.25, 0.3) is 14.1 Å². The predicted molar refractivity (Wildman–Crippen MR) is 313 cm³/mol. The van der Waals surface area contributed by atoms with E-state index < -0.39 is 49.7 Å². The number of amides is 2. The van der Waals surface area contributed by atoms with Gasteiger partial charge in [0, 0.05) is 43.4 Å². The lowest BCUT2D eigenvalue weighted by Gasteiger charge is -2.39. The molecule has 1 aliphatic rings. The first-order chi connectivity index (χ1) is 38.0. The number of unbranched alkanes of at least 4 members (excludes halogenated alkanes) is 14. The van der Waals surface area contributed by atoms with Crippen LogP contribution in [0.2, 0.25) is 0 Å². The summed E-state index contributed by atoms with van der Waals surface area (Å²) in [5.41, 5.74) is 0.196. The highest BCUT2D eigenvalue weighted by Crippen LogP contribution is 2.52. The van der Waals surface area contributed by atoms with Crippen molar-refractivity contribution < 1.29 is 32.8 Å². The van der Waals surface area contributed by atoms with Crippen molar-refractivity contribution in [3.05, 3.63) is 152 Å². The van der Waals surface area contributed by atoms with E-state index in [-0.39, 0.29) is 37.9 Å². The van der Waals surface area contributed by atoms with Crippen molar-refractivity contribution in [2.75, 3.05) is 47.1 Å². The van der Waals surface area contributed by atoms with E-state index in [1.54, 1.807) is 14.2 Å². The van der Waals surface area contributed by atoms with Crippen LogP contribution < -0.4 is 31.4 Å². The normalized spacial score (nSPS) is 17.0. The van der Waals surface area contributed by atoms with Gasteiger partial charge in [-0.15, -0.1) is 0 Å². The lowest BCUT2D eigenvalue weighted by molar-refractivity contribution is -0.0932. The van der Waals surface area contributed by atoms with Crippen LogP contribution in [0, 0.1) is 12.5 Å². The maximum atomic E-state index is 13.8. The van der Waals surface area contributed by atoms with Crippen LogP contribution in [0.1, 0.15) is 167 Å². The van der Waals surface area contributed by atoms with Gasteiger partial charge >= 0.3 is 11.7 Å². The summed E-state index contributed by atoms with van der Waals surface area (Å²) in [6.45, 7) is 19.7. The van der Waals surface area contributed by atoms with Crippen LogP contribution in [0.25, 0.3) is 4.85 Å². The Morgan fingerprint density at radius 1 is 0.756 bits per heavy atom. The van der Waals surface area contributed by atoms with Crippen molar-refractivity contribution in [1.29, 1.82) is 0 Å². The fraction of sp³-hybridized carbons (Fsp3) is 0.581. The van der Waals surface area contributed by atoms with Gasteiger partial charge in [0.1, 0.15) is 42.1 Å². The Balaban J connectivity index is 1.34. The number of carbonyl (C=O) groups excluding carboxylic acids is 1. The Kier molecular flexibility index (Phi) is 28.8. The largest absolute Gasteiger partial charge is 0.497 e. The number of aromatic nitrogens is 2. The third-order valence-electron chi connectivity index (χ3n) is 14.3. The molecule has 2 unspecified atom stereocenters. The molecule has 1 aromatic heterocycles. The van der Waals surface area contributed by atoms with Crippen LogP contribution in [-0.2, 0) is 24.1 Å². The third-order valence-corrected chi connectivity index (χ3v) is 16.4. The van der Waals surface area contributed by atoms with Crippen molar-refractivity contribution in [3.8, 4) is 11.5 Å². The number of H-pyrrole nitrogens is 1. The SMILES string of the molecule is [C-]#[N+]CCOP(OC1[C@@H](COC(c2ccccc2)(c2ccc(OC)cc2)c2ccc(OC)cc2)O[C@@H](n2ccc(=O)[nH]c2=O)[C@H]1C/C=C/CCCCNC(=O)NCCCCCCCCCCCCCCC)N(C(C)C)C(C)C. The average Bonchev–Trinajstić information content (AvgIpc) is 3.96. The zero-order chi connectivity index (χ0) is 56.0. The fourth-order valence-corrected chi connectivity index (χ4v) is 12.1. The molecule has 5 atom stereocenters. The number of benzene rings is 3. The molecule has 2 heterocycles.